The van der Waals surface area contributed by atoms with Crippen molar-refractivity contribution in [3.63, 3.8) is 0 Å². The van der Waals surface area contributed by atoms with Crippen molar-refractivity contribution >= 4 is 5.91 Å². The smallest absolute Gasteiger partial charge is 0.226 e. The Bertz CT molecular complexity index is 205. The van der Waals surface area contributed by atoms with Gasteiger partial charge >= 0.3 is 0 Å². The van der Waals surface area contributed by atoms with Crippen molar-refractivity contribution in [2.75, 3.05) is 13.2 Å². The first-order valence-corrected chi connectivity index (χ1v) is 5.09. The average molecular weight is 183 g/mol. The third-order valence-electron chi connectivity index (χ3n) is 3.27. The van der Waals surface area contributed by atoms with Gasteiger partial charge in [0.1, 0.15) is 0 Å². The summed E-state index contributed by atoms with van der Waals surface area (Å²) >= 11 is 0. The van der Waals surface area contributed by atoms with Gasteiger partial charge in [-0.25, -0.2) is 0 Å². The van der Waals surface area contributed by atoms with Crippen LogP contribution in [-0.4, -0.2) is 25.2 Å². The van der Waals surface area contributed by atoms with Gasteiger partial charge in [0.25, 0.3) is 0 Å². The number of carbonyl (C=O) groups is 1. The Hall–Kier alpha value is -0.570. The third kappa shape index (κ3) is 1.70. The van der Waals surface area contributed by atoms with Gasteiger partial charge in [0.15, 0.2) is 0 Å². The van der Waals surface area contributed by atoms with Gasteiger partial charge < -0.3 is 10.1 Å². The van der Waals surface area contributed by atoms with Crippen LogP contribution in [0.25, 0.3) is 0 Å². The van der Waals surface area contributed by atoms with Gasteiger partial charge in [0, 0.05) is 12.0 Å². The molecule has 0 radical (unpaired) electrons. The maximum Gasteiger partial charge on any atom is 0.226 e. The van der Waals surface area contributed by atoms with E-state index in [-0.39, 0.29) is 17.4 Å². The summed E-state index contributed by atoms with van der Waals surface area (Å²) in [4.78, 5) is 11.7. The van der Waals surface area contributed by atoms with Crippen LogP contribution in [0.2, 0.25) is 0 Å². The Morgan fingerprint density at radius 1 is 1.54 bits per heavy atom. The number of nitrogens with one attached hydrogen (secondary N) is 1. The molecule has 0 unspecified atom stereocenters. The van der Waals surface area contributed by atoms with E-state index in [1.165, 1.54) is 6.42 Å². The SMILES string of the molecule is CC1(C(=O)N[C@@H]2CCOC2)CCC1. The van der Waals surface area contributed by atoms with E-state index in [9.17, 15) is 4.79 Å². The van der Waals surface area contributed by atoms with Gasteiger partial charge in [-0.15, -0.1) is 0 Å². The van der Waals surface area contributed by atoms with E-state index in [0.29, 0.717) is 6.61 Å². The zero-order valence-corrected chi connectivity index (χ0v) is 8.14. The van der Waals surface area contributed by atoms with Crippen LogP contribution in [0, 0.1) is 5.41 Å². The molecular formula is C10H17NO2. The molecule has 1 aliphatic carbocycles. The molecule has 0 bridgehead atoms. The highest BCUT2D eigenvalue weighted by molar-refractivity contribution is 5.83. The Morgan fingerprint density at radius 2 is 2.31 bits per heavy atom. The van der Waals surface area contributed by atoms with Gasteiger partial charge in [0.2, 0.25) is 5.91 Å². The molecule has 1 saturated carbocycles. The predicted octanol–water partition coefficient (Wildman–Crippen LogP) is 1.08. The number of amides is 1. The number of hydrogen-bond donors (Lipinski definition) is 1. The zero-order valence-electron chi connectivity index (χ0n) is 8.14. The first-order valence-electron chi connectivity index (χ1n) is 5.09. The fourth-order valence-corrected chi connectivity index (χ4v) is 1.94. The molecule has 1 amide bonds. The highest BCUT2D eigenvalue weighted by atomic mass is 16.5. The maximum atomic E-state index is 11.7. The van der Waals surface area contributed by atoms with E-state index in [1.54, 1.807) is 0 Å². The molecule has 2 aliphatic rings. The van der Waals surface area contributed by atoms with E-state index >= 15 is 0 Å². The molecule has 0 spiro atoms. The molecule has 1 aliphatic heterocycles. The highest BCUT2D eigenvalue weighted by Crippen LogP contribution is 2.40. The van der Waals surface area contributed by atoms with Crippen LogP contribution in [0.1, 0.15) is 32.6 Å². The predicted molar refractivity (Wildman–Crippen MR) is 49.3 cm³/mol. The topological polar surface area (TPSA) is 38.3 Å². The van der Waals surface area contributed by atoms with E-state index in [0.717, 1.165) is 25.9 Å². The second kappa shape index (κ2) is 3.29. The Morgan fingerprint density at radius 3 is 2.77 bits per heavy atom. The lowest BCUT2D eigenvalue weighted by Crippen LogP contribution is -2.47. The van der Waals surface area contributed by atoms with Crippen LogP contribution >= 0.6 is 0 Å². The molecule has 2 rings (SSSR count). The summed E-state index contributed by atoms with van der Waals surface area (Å²) in [7, 11) is 0. The minimum atomic E-state index is -0.0669. The molecule has 3 heteroatoms. The Kier molecular flexibility index (Phi) is 2.28. The zero-order chi connectivity index (χ0) is 9.31. The molecule has 2 fully saturated rings. The summed E-state index contributed by atoms with van der Waals surface area (Å²) in [6.45, 7) is 3.55. The van der Waals surface area contributed by atoms with Gasteiger partial charge in [-0.1, -0.05) is 13.3 Å². The van der Waals surface area contributed by atoms with Gasteiger partial charge in [-0.2, -0.15) is 0 Å². The molecule has 13 heavy (non-hydrogen) atoms. The van der Waals surface area contributed by atoms with Gasteiger partial charge in [0.05, 0.1) is 12.6 Å². The maximum absolute atomic E-state index is 11.7. The lowest BCUT2D eigenvalue weighted by Gasteiger charge is -2.37. The lowest BCUT2D eigenvalue weighted by molar-refractivity contribution is -0.135. The van der Waals surface area contributed by atoms with Crippen LogP contribution in [0.3, 0.4) is 0 Å². The number of ether oxygens (including phenoxy) is 1. The number of hydrogen-bond acceptors (Lipinski definition) is 2. The fourth-order valence-electron chi connectivity index (χ4n) is 1.94. The summed E-state index contributed by atoms with van der Waals surface area (Å²) in [6.07, 6.45) is 4.27. The number of rotatable bonds is 2. The molecule has 0 aromatic carbocycles. The molecule has 74 valence electrons. The quantitative estimate of drug-likeness (QED) is 0.695. The Labute approximate surface area is 78.8 Å². The second-order valence-corrected chi connectivity index (χ2v) is 4.45. The van der Waals surface area contributed by atoms with Gasteiger partial charge in [-0.3, -0.25) is 4.79 Å². The third-order valence-corrected chi connectivity index (χ3v) is 3.27. The summed E-state index contributed by atoms with van der Waals surface area (Å²) in [5, 5.41) is 3.06. The molecule has 0 aromatic rings. The fraction of sp³-hybridized carbons (Fsp3) is 0.900. The number of carbonyl (C=O) groups excluding carboxylic acids is 1. The molecular weight excluding hydrogens is 166 g/mol. The standard InChI is InChI=1S/C10H17NO2/c1-10(4-2-5-10)9(12)11-8-3-6-13-7-8/h8H,2-7H2,1H3,(H,11,12)/t8-/m1/s1. The van der Waals surface area contributed by atoms with Crippen molar-refractivity contribution < 1.29 is 9.53 Å². The van der Waals surface area contributed by atoms with E-state index < -0.39 is 0 Å². The summed E-state index contributed by atoms with van der Waals surface area (Å²) in [6, 6.07) is 0.268. The summed E-state index contributed by atoms with van der Waals surface area (Å²) in [5.41, 5.74) is -0.0669. The van der Waals surface area contributed by atoms with E-state index in [4.69, 9.17) is 4.74 Å². The average Bonchev–Trinajstić information content (AvgIpc) is 2.52. The molecule has 0 aromatic heterocycles. The van der Waals surface area contributed by atoms with Crippen molar-refractivity contribution in [1.29, 1.82) is 0 Å². The van der Waals surface area contributed by atoms with Crippen molar-refractivity contribution in [2.45, 2.75) is 38.6 Å². The molecule has 1 saturated heterocycles. The van der Waals surface area contributed by atoms with Gasteiger partial charge in [-0.05, 0) is 19.3 Å². The van der Waals surface area contributed by atoms with Crippen LogP contribution < -0.4 is 5.32 Å². The molecule has 1 heterocycles. The highest BCUT2D eigenvalue weighted by Gasteiger charge is 2.40. The normalized spacial score (nSPS) is 31.0. The van der Waals surface area contributed by atoms with Crippen LogP contribution in [0.4, 0.5) is 0 Å². The van der Waals surface area contributed by atoms with E-state index in [1.807, 2.05) is 0 Å². The molecule has 1 N–H and O–H groups in total. The molecule has 1 atom stereocenters. The minimum Gasteiger partial charge on any atom is -0.379 e. The van der Waals surface area contributed by atoms with Crippen LogP contribution in [0.15, 0.2) is 0 Å². The largest absolute Gasteiger partial charge is 0.379 e. The summed E-state index contributed by atoms with van der Waals surface area (Å²) < 4.78 is 5.21. The molecule has 3 nitrogen and oxygen atoms in total. The van der Waals surface area contributed by atoms with Crippen molar-refractivity contribution in [1.82, 2.24) is 5.32 Å². The first kappa shape index (κ1) is 9.00. The second-order valence-electron chi connectivity index (χ2n) is 4.45. The lowest BCUT2D eigenvalue weighted by atomic mass is 9.70. The van der Waals surface area contributed by atoms with Crippen molar-refractivity contribution in [3.05, 3.63) is 0 Å². The van der Waals surface area contributed by atoms with Crippen molar-refractivity contribution in [2.24, 2.45) is 5.41 Å². The van der Waals surface area contributed by atoms with Crippen LogP contribution in [-0.2, 0) is 9.53 Å². The minimum absolute atomic E-state index is 0.0669. The first-order chi connectivity index (χ1) is 6.21. The van der Waals surface area contributed by atoms with Crippen LogP contribution in [0.5, 0.6) is 0 Å². The Balaban J connectivity index is 1.83. The monoisotopic (exact) mass is 183 g/mol. The summed E-state index contributed by atoms with van der Waals surface area (Å²) in [5.74, 6) is 0.231. The van der Waals surface area contributed by atoms with Crippen molar-refractivity contribution in [3.8, 4) is 0 Å². The van der Waals surface area contributed by atoms with E-state index in [2.05, 4.69) is 12.2 Å².